The molecule has 108 valence electrons. The van der Waals surface area contributed by atoms with Crippen LogP contribution in [0.2, 0.25) is 5.02 Å². The molecule has 2 aromatic rings. The summed E-state index contributed by atoms with van der Waals surface area (Å²) < 4.78 is 18.6. The molecule has 0 heterocycles. The van der Waals surface area contributed by atoms with E-state index in [4.69, 9.17) is 11.6 Å². The van der Waals surface area contributed by atoms with Crippen LogP contribution in [0.5, 0.6) is 0 Å². The minimum absolute atomic E-state index is 0.0112. The van der Waals surface area contributed by atoms with Crippen LogP contribution in [0.4, 0.5) is 4.39 Å². The molecular weight excluding hydrogens is 299 g/mol. The molecule has 2 aromatic carbocycles. The summed E-state index contributed by atoms with van der Waals surface area (Å²) >= 11 is 5.86. The first kappa shape index (κ1) is 15.0. The quantitative estimate of drug-likeness (QED) is 0.879. The van der Waals surface area contributed by atoms with E-state index in [1.54, 1.807) is 0 Å². The Hall–Kier alpha value is -2.40. The third kappa shape index (κ3) is 2.87. The van der Waals surface area contributed by atoms with Crippen molar-refractivity contribution in [1.29, 1.82) is 0 Å². The van der Waals surface area contributed by atoms with Gasteiger partial charge >= 0.3 is 11.9 Å². The van der Waals surface area contributed by atoms with Gasteiger partial charge in [-0.15, -0.1) is 0 Å². The van der Waals surface area contributed by atoms with Gasteiger partial charge in [-0.3, -0.25) is 0 Å². The van der Waals surface area contributed by atoms with Gasteiger partial charge in [-0.1, -0.05) is 23.7 Å². The van der Waals surface area contributed by atoms with E-state index in [9.17, 15) is 19.1 Å². The van der Waals surface area contributed by atoms with E-state index in [0.29, 0.717) is 0 Å². The molecule has 6 heteroatoms. The number of methoxy groups -OCH3 is 1. The standard InChI is InChI=1S/C15H10ClFO4/c1-21-15(20)8-5-6-12(17)10(7-8)9-3-2-4-11(16)13(9)14(18)19/h2-7H,1H3,(H,18,19). The van der Waals surface area contributed by atoms with Crippen LogP contribution in [0.15, 0.2) is 36.4 Å². The first-order valence-corrected chi connectivity index (χ1v) is 6.23. The third-order valence-corrected chi connectivity index (χ3v) is 3.22. The fraction of sp³-hybridized carbons (Fsp3) is 0.0667. The molecule has 0 aliphatic rings. The minimum Gasteiger partial charge on any atom is -0.478 e. The van der Waals surface area contributed by atoms with Crippen LogP contribution >= 0.6 is 11.6 Å². The Balaban J connectivity index is 2.70. The van der Waals surface area contributed by atoms with Gasteiger partial charge in [0.15, 0.2) is 0 Å². The lowest BCUT2D eigenvalue weighted by molar-refractivity contribution is 0.0600. The maximum Gasteiger partial charge on any atom is 0.337 e. The Labute approximate surface area is 124 Å². The molecule has 0 amide bonds. The molecule has 0 radical (unpaired) electrons. The van der Waals surface area contributed by atoms with Crippen molar-refractivity contribution in [3.63, 3.8) is 0 Å². The number of carboxylic acid groups (broad SMARTS) is 1. The molecular formula is C15H10ClFO4. The van der Waals surface area contributed by atoms with Crippen molar-refractivity contribution < 1.29 is 23.8 Å². The van der Waals surface area contributed by atoms with Gasteiger partial charge in [0, 0.05) is 11.1 Å². The van der Waals surface area contributed by atoms with Gasteiger partial charge < -0.3 is 9.84 Å². The average molecular weight is 309 g/mol. The van der Waals surface area contributed by atoms with Crippen molar-refractivity contribution >= 4 is 23.5 Å². The highest BCUT2D eigenvalue weighted by Gasteiger charge is 2.19. The van der Waals surface area contributed by atoms with Gasteiger partial charge in [0.1, 0.15) is 5.82 Å². The number of carbonyl (C=O) groups excluding carboxylic acids is 1. The van der Waals surface area contributed by atoms with E-state index < -0.39 is 17.8 Å². The largest absolute Gasteiger partial charge is 0.478 e. The van der Waals surface area contributed by atoms with Crippen LogP contribution in [0.1, 0.15) is 20.7 Å². The lowest BCUT2D eigenvalue weighted by Crippen LogP contribution is -2.04. The van der Waals surface area contributed by atoms with Crippen LogP contribution in [-0.4, -0.2) is 24.2 Å². The fourth-order valence-electron chi connectivity index (χ4n) is 1.94. The highest BCUT2D eigenvalue weighted by Crippen LogP contribution is 2.31. The van der Waals surface area contributed by atoms with E-state index in [2.05, 4.69) is 4.74 Å². The number of carbonyl (C=O) groups is 2. The molecule has 0 aliphatic carbocycles. The maximum absolute atomic E-state index is 14.0. The number of benzene rings is 2. The molecule has 0 bridgehead atoms. The van der Waals surface area contributed by atoms with Crippen LogP contribution < -0.4 is 0 Å². The SMILES string of the molecule is COC(=O)c1ccc(F)c(-c2cccc(Cl)c2C(=O)O)c1. The Morgan fingerprint density at radius 3 is 2.52 bits per heavy atom. The highest BCUT2D eigenvalue weighted by molar-refractivity contribution is 6.34. The number of hydrogen-bond acceptors (Lipinski definition) is 3. The molecule has 0 fully saturated rings. The van der Waals surface area contributed by atoms with Crippen molar-refractivity contribution in [2.75, 3.05) is 7.11 Å². The number of aromatic carboxylic acids is 1. The molecule has 0 aromatic heterocycles. The van der Waals surface area contributed by atoms with E-state index >= 15 is 0 Å². The summed E-state index contributed by atoms with van der Waals surface area (Å²) in [5, 5.41) is 9.21. The zero-order chi connectivity index (χ0) is 15.6. The predicted molar refractivity (Wildman–Crippen MR) is 75.1 cm³/mol. The number of ether oxygens (including phenoxy) is 1. The average Bonchev–Trinajstić information content (AvgIpc) is 2.46. The molecule has 0 atom stereocenters. The summed E-state index contributed by atoms with van der Waals surface area (Å²) in [5.41, 5.74) is -0.0404. The number of rotatable bonds is 3. The second-order valence-corrected chi connectivity index (χ2v) is 4.56. The first-order chi connectivity index (χ1) is 9.95. The summed E-state index contributed by atoms with van der Waals surface area (Å²) in [5.74, 6) is -2.58. The van der Waals surface area contributed by atoms with Crippen LogP contribution in [0, 0.1) is 5.82 Å². The fourth-order valence-corrected chi connectivity index (χ4v) is 2.20. The van der Waals surface area contributed by atoms with Crippen LogP contribution in [0.3, 0.4) is 0 Å². The van der Waals surface area contributed by atoms with Gasteiger partial charge in [0.2, 0.25) is 0 Å². The smallest absolute Gasteiger partial charge is 0.337 e. The zero-order valence-electron chi connectivity index (χ0n) is 10.9. The van der Waals surface area contributed by atoms with Crippen molar-refractivity contribution in [3.05, 3.63) is 58.4 Å². The van der Waals surface area contributed by atoms with E-state index in [1.807, 2.05) is 0 Å². The van der Waals surface area contributed by atoms with Crippen LogP contribution in [-0.2, 0) is 4.74 Å². The zero-order valence-corrected chi connectivity index (χ0v) is 11.6. The number of halogens is 2. The number of hydrogen-bond donors (Lipinski definition) is 1. The van der Waals surface area contributed by atoms with Gasteiger partial charge in [-0.25, -0.2) is 14.0 Å². The minimum atomic E-state index is -1.28. The van der Waals surface area contributed by atoms with E-state index in [1.165, 1.54) is 37.4 Å². The van der Waals surface area contributed by atoms with Crippen molar-refractivity contribution in [2.24, 2.45) is 0 Å². The molecule has 4 nitrogen and oxygen atoms in total. The summed E-state index contributed by atoms with van der Waals surface area (Å²) in [7, 11) is 1.20. The Kier molecular flexibility index (Phi) is 4.23. The summed E-state index contributed by atoms with van der Waals surface area (Å²) in [6.45, 7) is 0. The molecule has 2 rings (SSSR count). The monoisotopic (exact) mass is 308 g/mol. The van der Waals surface area contributed by atoms with Crippen molar-refractivity contribution in [1.82, 2.24) is 0 Å². The van der Waals surface area contributed by atoms with Gasteiger partial charge in [0.05, 0.1) is 23.3 Å². The summed E-state index contributed by atoms with van der Waals surface area (Å²) in [6.07, 6.45) is 0. The summed E-state index contributed by atoms with van der Waals surface area (Å²) in [6, 6.07) is 7.91. The number of carboxylic acids is 1. The van der Waals surface area contributed by atoms with Gasteiger partial charge in [-0.05, 0) is 24.3 Å². The molecule has 0 unspecified atom stereocenters. The van der Waals surface area contributed by atoms with Crippen molar-refractivity contribution in [3.8, 4) is 11.1 Å². The highest BCUT2D eigenvalue weighted by atomic mass is 35.5. The first-order valence-electron chi connectivity index (χ1n) is 5.85. The molecule has 1 N–H and O–H groups in total. The second-order valence-electron chi connectivity index (χ2n) is 4.15. The van der Waals surface area contributed by atoms with Crippen LogP contribution in [0.25, 0.3) is 11.1 Å². The molecule has 0 aliphatic heterocycles. The third-order valence-electron chi connectivity index (χ3n) is 2.91. The summed E-state index contributed by atoms with van der Waals surface area (Å²) in [4.78, 5) is 22.8. The predicted octanol–water partition coefficient (Wildman–Crippen LogP) is 3.63. The lowest BCUT2D eigenvalue weighted by Gasteiger charge is -2.10. The lowest BCUT2D eigenvalue weighted by atomic mass is 9.97. The second kappa shape index (κ2) is 5.93. The molecule has 0 saturated carbocycles. The topological polar surface area (TPSA) is 63.6 Å². The Morgan fingerprint density at radius 2 is 1.90 bits per heavy atom. The molecule has 0 spiro atoms. The van der Waals surface area contributed by atoms with E-state index in [0.717, 1.165) is 6.07 Å². The van der Waals surface area contributed by atoms with Crippen molar-refractivity contribution in [2.45, 2.75) is 0 Å². The molecule has 0 saturated heterocycles. The molecule has 21 heavy (non-hydrogen) atoms. The normalized spacial score (nSPS) is 10.2. The Bertz CT molecular complexity index is 728. The Morgan fingerprint density at radius 1 is 1.19 bits per heavy atom. The van der Waals surface area contributed by atoms with Gasteiger partial charge in [0.25, 0.3) is 0 Å². The maximum atomic E-state index is 14.0. The number of esters is 1. The van der Waals surface area contributed by atoms with Gasteiger partial charge in [-0.2, -0.15) is 0 Å². The van der Waals surface area contributed by atoms with E-state index in [-0.39, 0.29) is 27.3 Å².